The Bertz CT molecular complexity index is 923. The van der Waals surface area contributed by atoms with Gasteiger partial charge in [-0.3, -0.25) is 4.79 Å². The molecule has 1 heterocycles. The molecule has 1 N–H and O–H groups in total. The van der Waals surface area contributed by atoms with E-state index in [1.165, 1.54) is 7.05 Å². The maximum absolute atomic E-state index is 13.5. The molecular weight excluding hydrogens is 364 g/mol. The minimum absolute atomic E-state index is 0.302. The van der Waals surface area contributed by atoms with Gasteiger partial charge in [0.15, 0.2) is 0 Å². The molecule has 6 nitrogen and oxygen atoms in total. The SMILES string of the molecule is CN([C@H](c1ccc(F)cc1)C(F)(F)F)[S@@](=N)(=O)c1cnn(C)c(=O)c1. The van der Waals surface area contributed by atoms with Gasteiger partial charge >= 0.3 is 6.18 Å². The Hall–Kier alpha value is -2.27. The zero-order chi connectivity index (χ0) is 19.0. The summed E-state index contributed by atoms with van der Waals surface area (Å²) in [5.74, 6) is -0.727. The number of aromatic nitrogens is 2. The molecule has 0 spiro atoms. The van der Waals surface area contributed by atoms with Gasteiger partial charge in [0.25, 0.3) is 5.56 Å². The van der Waals surface area contributed by atoms with E-state index in [2.05, 4.69) is 5.10 Å². The number of hydrogen-bond acceptors (Lipinski definition) is 4. The molecule has 1 aromatic carbocycles. The van der Waals surface area contributed by atoms with Crippen LogP contribution in [-0.2, 0) is 17.0 Å². The summed E-state index contributed by atoms with van der Waals surface area (Å²) in [5, 5.41) is 3.58. The minimum Gasteiger partial charge on any atom is -0.268 e. The first-order valence-electron chi connectivity index (χ1n) is 6.82. The summed E-state index contributed by atoms with van der Waals surface area (Å²) in [4.78, 5) is 11.1. The van der Waals surface area contributed by atoms with Gasteiger partial charge in [-0.1, -0.05) is 12.1 Å². The monoisotopic (exact) mass is 378 g/mol. The third kappa shape index (κ3) is 3.87. The predicted molar refractivity (Wildman–Crippen MR) is 81.6 cm³/mol. The Labute approximate surface area is 140 Å². The quantitative estimate of drug-likeness (QED) is 0.831. The van der Waals surface area contributed by atoms with E-state index < -0.39 is 38.4 Å². The standard InChI is InChI=1S/C14H14F4N4O2S/c1-21-12(23)7-11(8-20-21)25(19,24)22(2)13(14(16,17)18)9-3-5-10(15)6-4-9/h3-8,13,19H,1-2H3/t13-,25-/m1/s1. The molecule has 2 aromatic rings. The second kappa shape index (κ2) is 6.56. The van der Waals surface area contributed by atoms with E-state index >= 15 is 0 Å². The van der Waals surface area contributed by atoms with Crippen molar-refractivity contribution in [1.29, 1.82) is 4.78 Å². The Morgan fingerprint density at radius 3 is 2.32 bits per heavy atom. The third-order valence-electron chi connectivity index (χ3n) is 3.53. The van der Waals surface area contributed by atoms with Crippen LogP contribution in [0.2, 0.25) is 0 Å². The lowest BCUT2D eigenvalue weighted by Gasteiger charge is -2.31. The Morgan fingerprint density at radius 1 is 1.28 bits per heavy atom. The van der Waals surface area contributed by atoms with Crippen LogP contribution in [0.15, 0.2) is 46.2 Å². The zero-order valence-corrected chi connectivity index (χ0v) is 13.9. The molecule has 11 heteroatoms. The van der Waals surface area contributed by atoms with Crippen LogP contribution in [-0.4, -0.2) is 31.5 Å². The maximum Gasteiger partial charge on any atom is 0.409 e. The first kappa shape index (κ1) is 19.1. The third-order valence-corrected chi connectivity index (χ3v) is 5.41. The normalized spacial score (nSPS) is 15.8. The summed E-state index contributed by atoms with van der Waals surface area (Å²) in [6.45, 7) is 0. The maximum atomic E-state index is 13.5. The number of alkyl halides is 3. The number of rotatable bonds is 4. The van der Waals surface area contributed by atoms with Crippen molar-refractivity contribution >= 4 is 9.92 Å². The van der Waals surface area contributed by atoms with E-state index in [1.807, 2.05) is 0 Å². The highest BCUT2D eigenvalue weighted by atomic mass is 32.2. The highest BCUT2D eigenvalue weighted by Gasteiger charge is 2.46. The molecule has 0 aliphatic rings. The summed E-state index contributed by atoms with van der Waals surface area (Å²) < 4.78 is 75.4. The van der Waals surface area contributed by atoms with E-state index in [0.717, 1.165) is 48.3 Å². The molecule has 0 amide bonds. The Morgan fingerprint density at radius 2 is 1.84 bits per heavy atom. The first-order valence-corrected chi connectivity index (χ1v) is 8.33. The van der Waals surface area contributed by atoms with E-state index in [1.54, 1.807) is 0 Å². The van der Waals surface area contributed by atoms with Crippen molar-refractivity contribution in [2.24, 2.45) is 7.05 Å². The summed E-state index contributed by atoms with van der Waals surface area (Å²) in [5.41, 5.74) is -1.09. The van der Waals surface area contributed by atoms with Crippen LogP contribution in [0.3, 0.4) is 0 Å². The van der Waals surface area contributed by atoms with Gasteiger partial charge in [-0.15, -0.1) is 0 Å². The fourth-order valence-corrected chi connectivity index (χ4v) is 3.49. The van der Waals surface area contributed by atoms with Crippen LogP contribution in [0.5, 0.6) is 0 Å². The molecule has 0 bridgehead atoms. The van der Waals surface area contributed by atoms with Gasteiger partial charge in [0.05, 0.1) is 11.1 Å². The molecule has 0 aliphatic carbocycles. The lowest BCUT2D eigenvalue weighted by molar-refractivity contribution is -0.170. The predicted octanol–water partition coefficient (Wildman–Crippen LogP) is 2.48. The molecule has 136 valence electrons. The van der Waals surface area contributed by atoms with Crippen LogP contribution in [0.1, 0.15) is 11.6 Å². The van der Waals surface area contributed by atoms with E-state index in [9.17, 15) is 26.6 Å². The molecule has 25 heavy (non-hydrogen) atoms. The summed E-state index contributed by atoms with van der Waals surface area (Å²) in [6, 6.07) is 1.86. The summed E-state index contributed by atoms with van der Waals surface area (Å²) in [7, 11) is -2.02. The van der Waals surface area contributed by atoms with E-state index in [0.29, 0.717) is 4.31 Å². The highest BCUT2D eigenvalue weighted by molar-refractivity contribution is 7.90. The van der Waals surface area contributed by atoms with Crippen molar-refractivity contribution in [3.63, 3.8) is 0 Å². The van der Waals surface area contributed by atoms with Crippen LogP contribution in [0, 0.1) is 10.6 Å². The number of halogens is 4. The molecule has 2 rings (SSSR count). The van der Waals surface area contributed by atoms with Crippen LogP contribution < -0.4 is 5.56 Å². The fraction of sp³-hybridized carbons (Fsp3) is 0.286. The van der Waals surface area contributed by atoms with Crippen LogP contribution in [0.4, 0.5) is 17.6 Å². The lowest BCUT2D eigenvalue weighted by atomic mass is 10.1. The highest BCUT2D eigenvalue weighted by Crippen LogP contribution is 2.39. The largest absolute Gasteiger partial charge is 0.409 e. The van der Waals surface area contributed by atoms with Crippen molar-refractivity contribution in [3.05, 3.63) is 58.3 Å². The number of nitrogens with one attached hydrogen (secondary N) is 1. The lowest BCUT2D eigenvalue weighted by Crippen LogP contribution is -2.39. The van der Waals surface area contributed by atoms with Crippen molar-refractivity contribution in [2.45, 2.75) is 17.1 Å². The summed E-state index contributed by atoms with van der Waals surface area (Å²) >= 11 is 0. The number of nitrogens with zero attached hydrogens (tertiary/aromatic N) is 3. The van der Waals surface area contributed by atoms with E-state index in [-0.39, 0.29) is 5.56 Å². The van der Waals surface area contributed by atoms with Crippen LogP contribution >= 0.6 is 0 Å². The average molecular weight is 378 g/mol. The van der Waals surface area contributed by atoms with Gasteiger partial charge in [0.1, 0.15) is 21.8 Å². The summed E-state index contributed by atoms with van der Waals surface area (Å²) in [6.07, 6.45) is -3.98. The average Bonchev–Trinajstić information content (AvgIpc) is 2.50. The van der Waals surface area contributed by atoms with Crippen molar-refractivity contribution in [1.82, 2.24) is 14.1 Å². The Kier molecular flexibility index (Phi) is 5.00. The zero-order valence-electron chi connectivity index (χ0n) is 13.1. The van der Waals surface area contributed by atoms with E-state index in [4.69, 9.17) is 4.78 Å². The van der Waals surface area contributed by atoms with Gasteiger partial charge in [0.2, 0.25) is 0 Å². The number of benzene rings is 1. The molecule has 0 unspecified atom stereocenters. The van der Waals surface area contributed by atoms with Gasteiger partial charge in [-0.05, 0) is 17.7 Å². The number of hydrogen-bond donors (Lipinski definition) is 1. The van der Waals surface area contributed by atoms with Gasteiger partial charge in [0, 0.05) is 20.2 Å². The van der Waals surface area contributed by atoms with Gasteiger partial charge < -0.3 is 0 Å². The molecule has 0 aliphatic heterocycles. The minimum atomic E-state index is -4.89. The molecular formula is C14H14F4N4O2S. The fourth-order valence-electron chi connectivity index (χ4n) is 2.17. The van der Waals surface area contributed by atoms with Crippen molar-refractivity contribution in [2.75, 3.05) is 7.05 Å². The molecule has 0 radical (unpaired) electrons. The Balaban J connectivity index is 2.55. The molecule has 0 saturated heterocycles. The van der Waals surface area contributed by atoms with Crippen LogP contribution in [0.25, 0.3) is 0 Å². The van der Waals surface area contributed by atoms with Gasteiger partial charge in [-0.2, -0.15) is 18.3 Å². The topological polar surface area (TPSA) is 79.1 Å². The molecule has 1 aromatic heterocycles. The molecule has 0 saturated carbocycles. The smallest absolute Gasteiger partial charge is 0.268 e. The molecule has 0 fully saturated rings. The van der Waals surface area contributed by atoms with Crippen molar-refractivity contribution in [3.8, 4) is 0 Å². The van der Waals surface area contributed by atoms with Gasteiger partial charge in [-0.25, -0.2) is 22.4 Å². The second-order valence-corrected chi connectivity index (χ2v) is 7.32. The second-order valence-electron chi connectivity index (χ2n) is 5.22. The number of aryl methyl sites for hydroxylation is 1. The molecule has 2 atom stereocenters. The van der Waals surface area contributed by atoms with Crippen molar-refractivity contribution < 1.29 is 21.8 Å². The first-order chi connectivity index (χ1) is 11.4.